The molecule has 1 aliphatic carbocycles. The Morgan fingerprint density at radius 3 is 2.80 bits per heavy atom. The molecule has 0 saturated heterocycles. The summed E-state index contributed by atoms with van der Waals surface area (Å²) < 4.78 is 0. The number of nitriles is 1. The second kappa shape index (κ2) is 6.58. The lowest BCUT2D eigenvalue weighted by molar-refractivity contribution is -0.139. The van der Waals surface area contributed by atoms with E-state index in [-0.39, 0.29) is 22.3 Å². The normalized spacial score (nSPS) is 17.2. The molecule has 0 spiro atoms. The van der Waals surface area contributed by atoms with Gasteiger partial charge in [-0.25, -0.2) is 9.78 Å². The average Bonchev–Trinajstić information content (AvgIpc) is 2.46. The molecular weight excluding hydrogens is 278 g/mol. The number of carboxylic acid groups (broad SMARTS) is 1. The highest BCUT2D eigenvalue weighted by atomic mass is 35.5. The molecule has 1 aliphatic rings. The minimum Gasteiger partial charge on any atom is -0.480 e. The predicted octanol–water partition coefficient (Wildman–Crippen LogP) is 3.05. The number of aromatic nitrogens is 1. The van der Waals surface area contributed by atoms with Crippen molar-refractivity contribution in [2.45, 2.75) is 38.1 Å². The summed E-state index contributed by atoms with van der Waals surface area (Å²) in [5.41, 5.74) is 0.289. The van der Waals surface area contributed by atoms with E-state index in [4.69, 9.17) is 16.9 Å². The molecule has 106 valence electrons. The van der Waals surface area contributed by atoms with E-state index >= 15 is 0 Å². The van der Waals surface area contributed by atoms with Gasteiger partial charge in [0.05, 0.1) is 5.56 Å². The van der Waals surface area contributed by atoms with Crippen molar-refractivity contribution in [3.8, 4) is 6.07 Å². The summed E-state index contributed by atoms with van der Waals surface area (Å²) in [5.74, 6) is -0.564. The first-order chi connectivity index (χ1) is 9.63. The lowest BCUT2D eigenvalue weighted by atomic mass is 9.84. The molecule has 1 fully saturated rings. The van der Waals surface area contributed by atoms with E-state index in [0.717, 1.165) is 32.1 Å². The Morgan fingerprint density at radius 2 is 2.20 bits per heavy atom. The maximum absolute atomic E-state index is 11.5. The lowest BCUT2D eigenvalue weighted by Crippen LogP contribution is -2.38. The Morgan fingerprint density at radius 1 is 1.50 bits per heavy atom. The standard InChI is InChI=1S/C14H16ClN3O2/c15-11-10(8-16)6-7-17-13(11)18-12(14(19)20)9-4-2-1-3-5-9/h6-7,9,12H,1-5H2,(H,17,18)(H,19,20). The van der Waals surface area contributed by atoms with Crippen LogP contribution in [0.15, 0.2) is 12.3 Å². The Bertz CT molecular complexity index is 536. The molecule has 0 aromatic carbocycles. The van der Waals surface area contributed by atoms with Gasteiger partial charge in [-0.05, 0) is 24.8 Å². The van der Waals surface area contributed by atoms with Gasteiger partial charge in [-0.2, -0.15) is 5.26 Å². The van der Waals surface area contributed by atoms with E-state index in [1.54, 1.807) is 0 Å². The van der Waals surface area contributed by atoms with Gasteiger partial charge in [-0.15, -0.1) is 0 Å². The number of hydrogen-bond donors (Lipinski definition) is 2. The first-order valence-corrected chi connectivity index (χ1v) is 7.05. The van der Waals surface area contributed by atoms with Crippen LogP contribution in [0.3, 0.4) is 0 Å². The van der Waals surface area contributed by atoms with Crippen LogP contribution in [0.2, 0.25) is 5.02 Å². The number of hydrogen-bond acceptors (Lipinski definition) is 4. The molecule has 1 atom stereocenters. The largest absolute Gasteiger partial charge is 0.480 e. The van der Waals surface area contributed by atoms with E-state index in [0.29, 0.717) is 0 Å². The van der Waals surface area contributed by atoms with E-state index in [2.05, 4.69) is 10.3 Å². The Hall–Kier alpha value is -1.80. The molecule has 1 aromatic heterocycles. The molecule has 5 nitrogen and oxygen atoms in total. The molecule has 0 amide bonds. The summed E-state index contributed by atoms with van der Waals surface area (Å²) in [5, 5.41) is 21.4. The van der Waals surface area contributed by atoms with Crippen molar-refractivity contribution in [2.75, 3.05) is 5.32 Å². The molecule has 1 saturated carbocycles. The predicted molar refractivity (Wildman–Crippen MR) is 75.6 cm³/mol. The second-order valence-corrected chi connectivity index (χ2v) is 5.37. The van der Waals surface area contributed by atoms with E-state index in [1.165, 1.54) is 12.3 Å². The summed E-state index contributed by atoms with van der Waals surface area (Å²) in [7, 11) is 0. The van der Waals surface area contributed by atoms with Crippen LogP contribution < -0.4 is 5.32 Å². The van der Waals surface area contributed by atoms with Gasteiger partial charge in [0.25, 0.3) is 0 Å². The quantitative estimate of drug-likeness (QED) is 0.891. The van der Waals surface area contributed by atoms with Crippen LogP contribution in [-0.4, -0.2) is 22.1 Å². The summed E-state index contributed by atoms with van der Waals surface area (Å²) in [6, 6.07) is 2.75. The SMILES string of the molecule is N#Cc1ccnc(NC(C(=O)O)C2CCCCC2)c1Cl. The number of rotatable bonds is 4. The Balaban J connectivity index is 2.20. The second-order valence-electron chi connectivity index (χ2n) is 4.99. The first-order valence-electron chi connectivity index (χ1n) is 6.67. The van der Waals surface area contributed by atoms with Crippen LogP contribution in [-0.2, 0) is 4.79 Å². The highest BCUT2D eigenvalue weighted by molar-refractivity contribution is 6.34. The fourth-order valence-corrected chi connectivity index (χ4v) is 2.84. The van der Waals surface area contributed by atoms with Gasteiger partial charge in [0.15, 0.2) is 0 Å². The maximum Gasteiger partial charge on any atom is 0.326 e. The Labute approximate surface area is 122 Å². The van der Waals surface area contributed by atoms with Gasteiger partial charge in [-0.1, -0.05) is 30.9 Å². The van der Waals surface area contributed by atoms with Crippen molar-refractivity contribution in [3.05, 3.63) is 22.8 Å². The minimum absolute atomic E-state index is 0.0739. The van der Waals surface area contributed by atoms with Crippen LogP contribution in [0.4, 0.5) is 5.82 Å². The monoisotopic (exact) mass is 293 g/mol. The smallest absolute Gasteiger partial charge is 0.326 e. The number of aliphatic carboxylic acids is 1. The van der Waals surface area contributed by atoms with Crippen molar-refractivity contribution >= 4 is 23.4 Å². The topological polar surface area (TPSA) is 86.0 Å². The van der Waals surface area contributed by atoms with Crippen molar-refractivity contribution < 1.29 is 9.90 Å². The minimum atomic E-state index is -0.905. The van der Waals surface area contributed by atoms with Crippen molar-refractivity contribution in [1.29, 1.82) is 5.26 Å². The zero-order valence-corrected chi connectivity index (χ0v) is 11.7. The summed E-state index contributed by atoms with van der Waals surface area (Å²) >= 11 is 6.06. The fourth-order valence-electron chi connectivity index (χ4n) is 2.63. The zero-order chi connectivity index (χ0) is 14.5. The van der Waals surface area contributed by atoms with Gasteiger partial charge in [0.1, 0.15) is 23.0 Å². The number of carboxylic acids is 1. The van der Waals surface area contributed by atoms with Crippen LogP contribution in [0, 0.1) is 17.2 Å². The van der Waals surface area contributed by atoms with Crippen molar-refractivity contribution in [2.24, 2.45) is 5.92 Å². The molecule has 0 aliphatic heterocycles. The number of nitrogens with one attached hydrogen (secondary N) is 1. The van der Waals surface area contributed by atoms with E-state index in [9.17, 15) is 9.90 Å². The molecule has 0 bridgehead atoms. The molecule has 6 heteroatoms. The molecule has 1 heterocycles. The summed E-state index contributed by atoms with van der Waals surface area (Å²) in [4.78, 5) is 15.5. The highest BCUT2D eigenvalue weighted by Crippen LogP contribution is 2.30. The van der Waals surface area contributed by atoms with Crippen molar-refractivity contribution in [1.82, 2.24) is 4.98 Å². The lowest BCUT2D eigenvalue weighted by Gasteiger charge is -2.28. The van der Waals surface area contributed by atoms with Crippen LogP contribution in [0.25, 0.3) is 0 Å². The number of halogens is 1. The van der Waals surface area contributed by atoms with Crippen LogP contribution in [0.5, 0.6) is 0 Å². The molecule has 1 aromatic rings. The number of nitrogens with zero attached hydrogens (tertiary/aromatic N) is 2. The Kier molecular flexibility index (Phi) is 4.80. The summed E-state index contributed by atoms with van der Waals surface area (Å²) in [6.45, 7) is 0. The average molecular weight is 294 g/mol. The zero-order valence-electron chi connectivity index (χ0n) is 11.0. The molecule has 2 N–H and O–H groups in total. The maximum atomic E-state index is 11.5. The van der Waals surface area contributed by atoms with Crippen molar-refractivity contribution in [3.63, 3.8) is 0 Å². The van der Waals surface area contributed by atoms with Gasteiger partial charge in [-0.3, -0.25) is 0 Å². The van der Waals surface area contributed by atoms with Crippen LogP contribution >= 0.6 is 11.6 Å². The van der Waals surface area contributed by atoms with Gasteiger partial charge >= 0.3 is 5.97 Å². The number of anilines is 1. The third-order valence-corrected chi connectivity index (χ3v) is 4.07. The van der Waals surface area contributed by atoms with Gasteiger partial charge in [0.2, 0.25) is 0 Å². The van der Waals surface area contributed by atoms with E-state index in [1.807, 2.05) is 6.07 Å². The molecule has 20 heavy (non-hydrogen) atoms. The summed E-state index contributed by atoms with van der Waals surface area (Å²) in [6.07, 6.45) is 6.49. The molecular formula is C14H16ClN3O2. The third kappa shape index (κ3) is 3.20. The molecule has 1 unspecified atom stereocenters. The van der Waals surface area contributed by atoms with E-state index < -0.39 is 12.0 Å². The number of carbonyl (C=O) groups is 1. The van der Waals surface area contributed by atoms with Gasteiger partial charge < -0.3 is 10.4 Å². The van der Waals surface area contributed by atoms with Crippen LogP contribution in [0.1, 0.15) is 37.7 Å². The van der Waals surface area contributed by atoms with Gasteiger partial charge in [0, 0.05) is 6.20 Å². The fraction of sp³-hybridized carbons (Fsp3) is 0.500. The third-order valence-electron chi connectivity index (χ3n) is 3.69. The number of pyridine rings is 1. The first kappa shape index (κ1) is 14.6. The molecule has 2 rings (SSSR count). The highest BCUT2D eigenvalue weighted by Gasteiger charge is 2.30. The molecule has 0 radical (unpaired) electrons.